The average Bonchev–Trinajstić information content (AvgIpc) is 2.99. The van der Waals surface area contributed by atoms with Crippen molar-refractivity contribution in [1.82, 2.24) is 4.57 Å². The Hall–Kier alpha value is -1.55. The Morgan fingerprint density at radius 1 is 1.42 bits per heavy atom. The topological polar surface area (TPSA) is 61.2 Å². The monoisotopic (exact) mass is 260 g/mol. The van der Waals surface area contributed by atoms with Crippen molar-refractivity contribution in [2.75, 3.05) is 0 Å². The third kappa shape index (κ3) is 2.32. The molecule has 1 aliphatic carbocycles. The normalized spacial score (nSPS) is 18.2. The summed E-state index contributed by atoms with van der Waals surface area (Å²) in [5, 5.41) is 0. The van der Waals surface area contributed by atoms with Crippen LogP contribution in [0.1, 0.15) is 43.7 Å². The number of hydrogen-bond donors (Lipinski definition) is 1. The molecule has 1 unspecified atom stereocenters. The second kappa shape index (κ2) is 4.85. The molecule has 0 spiro atoms. The van der Waals surface area contributed by atoms with Crippen LogP contribution in [0.2, 0.25) is 0 Å². The van der Waals surface area contributed by atoms with E-state index in [0.29, 0.717) is 5.58 Å². The van der Waals surface area contributed by atoms with E-state index in [1.807, 2.05) is 18.2 Å². The first-order valence-corrected chi connectivity index (χ1v) is 7.00. The van der Waals surface area contributed by atoms with E-state index in [2.05, 4.69) is 0 Å². The Morgan fingerprint density at radius 2 is 2.16 bits per heavy atom. The molecular weight excluding hydrogens is 240 g/mol. The fourth-order valence-corrected chi connectivity index (χ4v) is 3.12. The quantitative estimate of drug-likeness (QED) is 0.923. The van der Waals surface area contributed by atoms with E-state index in [9.17, 15) is 4.79 Å². The fourth-order valence-electron chi connectivity index (χ4n) is 3.12. The van der Waals surface area contributed by atoms with Gasteiger partial charge >= 0.3 is 5.76 Å². The zero-order chi connectivity index (χ0) is 13.4. The highest BCUT2D eigenvalue weighted by Gasteiger charge is 2.19. The molecule has 0 amide bonds. The van der Waals surface area contributed by atoms with Gasteiger partial charge in [-0.05, 0) is 30.0 Å². The van der Waals surface area contributed by atoms with E-state index in [4.69, 9.17) is 10.2 Å². The zero-order valence-corrected chi connectivity index (χ0v) is 11.3. The molecule has 0 bridgehead atoms. The molecule has 0 saturated heterocycles. The minimum atomic E-state index is -0.323. The summed E-state index contributed by atoms with van der Waals surface area (Å²) in [6.07, 6.45) is 6.31. The van der Waals surface area contributed by atoms with Gasteiger partial charge in [-0.2, -0.15) is 0 Å². The number of rotatable bonds is 3. The molecule has 102 valence electrons. The first kappa shape index (κ1) is 12.5. The summed E-state index contributed by atoms with van der Waals surface area (Å²) < 4.78 is 6.73. The Labute approximate surface area is 112 Å². The lowest BCUT2D eigenvalue weighted by Crippen LogP contribution is -2.14. The van der Waals surface area contributed by atoms with Gasteiger partial charge in [0.25, 0.3) is 0 Å². The van der Waals surface area contributed by atoms with Gasteiger partial charge in [-0.1, -0.05) is 31.7 Å². The van der Waals surface area contributed by atoms with Gasteiger partial charge in [-0.3, -0.25) is 4.57 Å². The number of aromatic nitrogens is 1. The molecule has 1 atom stereocenters. The van der Waals surface area contributed by atoms with Crippen LogP contribution in [0.15, 0.2) is 27.4 Å². The summed E-state index contributed by atoms with van der Waals surface area (Å²) >= 11 is 0. The third-order valence-corrected chi connectivity index (χ3v) is 4.31. The van der Waals surface area contributed by atoms with Crippen LogP contribution in [0.5, 0.6) is 0 Å². The molecule has 1 fully saturated rings. The van der Waals surface area contributed by atoms with Gasteiger partial charge in [-0.15, -0.1) is 0 Å². The maximum Gasteiger partial charge on any atom is 0.419 e. The van der Waals surface area contributed by atoms with Gasteiger partial charge in [0.15, 0.2) is 5.58 Å². The molecule has 0 aliphatic heterocycles. The minimum absolute atomic E-state index is 0.0398. The van der Waals surface area contributed by atoms with Crippen LogP contribution in [0.4, 0.5) is 0 Å². The molecule has 2 aromatic rings. The number of fused-ring (bicyclic) bond motifs is 1. The molecule has 1 heterocycles. The van der Waals surface area contributed by atoms with Crippen molar-refractivity contribution in [3.05, 3.63) is 34.3 Å². The minimum Gasteiger partial charge on any atom is -0.408 e. The fraction of sp³-hybridized carbons (Fsp3) is 0.533. The third-order valence-electron chi connectivity index (χ3n) is 4.31. The van der Waals surface area contributed by atoms with Gasteiger partial charge in [0, 0.05) is 13.1 Å². The maximum atomic E-state index is 11.5. The largest absolute Gasteiger partial charge is 0.419 e. The van der Waals surface area contributed by atoms with Crippen molar-refractivity contribution < 1.29 is 4.42 Å². The van der Waals surface area contributed by atoms with Crippen LogP contribution >= 0.6 is 0 Å². The zero-order valence-electron chi connectivity index (χ0n) is 11.3. The van der Waals surface area contributed by atoms with Gasteiger partial charge in [-0.25, -0.2) is 4.79 Å². The molecule has 1 aromatic carbocycles. The number of nitrogens with two attached hydrogens (primary N) is 1. The number of oxazole rings is 1. The second-order valence-electron chi connectivity index (χ2n) is 5.65. The lowest BCUT2D eigenvalue weighted by atomic mass is 9.94. The number of nitrogens with zero attached hydrogens (tertiary/aromatic N) is 1. The summed E-state index contributed by atoms with van der Waals surface area (Å²) in [6.45, 7) is 0. The van der Waals surface area contributed by atoms with Gasteiger partial charge < -0.3 is 10.2 Å². The first-order valence-electron chi connectivity index (χ1n) is 7.00. The van der Waals surface area contributed by atoms with Crippen LogP contribution < -0.4 is 11.5 Å². The molecule has 0 radical (unpaired) electrons. The highest BCUT2D eigenvalue weighted by atomic mass is 16.4. The molecule has 3 rings (SSSR count). The number of hydrogen-bond acceptors (Lipinski definition) is 3. The molecular formula is C15H20N2O2. The van der Waals surface area contributed by atoms with Crippen molar-refractivity contribution in [1.29, 1.82) is 0 Å². The van der Waals surface area contributed by atoms with Crippen molar-refractivity contribution in [2.24, 2.45) is 18.7 Å². The highest BCUT2D eigenvalue weighted by molar-refractivity contribution is 5.73. The van der Waals surface area contributed by atoms with Crippen LogP contribution in [0.3, 0.4) is 0 Å². The van der Waals surface area contributed by atoms with E-state index in [1.54, 1.807) is 7.05 Å². The van der Waals surface area contributed by atoms with E-state index in [-0.39, 0.29) is 11.8 Å². The summed E-state index contributed by atoms with van der Waals surface area (Å²) in [7, 11) is 1.71. The molecule has 4 nitrogen and oxygen atoms in total. The summed E-state index contributed by atoms with van der Waals surface area (Å²) in [4.78, 5) is 11.5. The number of benzene rings is 1. The molecule has 19 heavy (non-hydrogen) atoms. The molecule has 4 heteroatoms. The van der Waals surface area contributed by atoms with Gasteiger partial charge in [0.2, 0.25) is 0 Å². The highest BCUT2D eigenvalue weighted by Crippen LogP contribution is 2.32. The van der Waals surface area contributed by atoms with Crippen LogP contribution in [-0.4, -0.2) is 4.57 Å². The standard InChI is InChI=1S/C15H20N2O2/c1-17-13-7-6-11(9-14(13)19-15(17)18)12(16)8-10-4-2-3-5-10/h6-7,9-10,12H,2-5,8,16H2,1H3. The number of aryl methyl sites for hydroxylation is 1. The lowest BCUT2D eigenvalue weighted by molar-refractivity contribution is 0.450. The molecule has 1 aromatic heterocycles. The van der Waals surface area contributed by atoms with Gasteiger partial charge in [0.05, 0.1) is 5.52 Å². The van der Waals surface area contributed by atoms with E-state index in [0.717, 1.165) is 23.4 Å². The predicted octanol–water partition coefficient (Wildman–Crippen LogP) is 2.71. The summed E-state index contributed by atoms with van der Waals surface area (Å²) in [5.74, 6) is 0.435. The Kier molecular flexibility index (Phi) is 3.19. The second-order valence-corrected chi connectivity index (χ2v) is 5.65. The van der Waals surface area contributed by atoms with Crippen LogP contribution in [0, 0.1) is 5.92 Å². The van der Waals surface area contributed by atoms with Crippen molar-refractivity contribution in [3.63, 3.8) is 0 Å². The Morgan fingerprint density at radius 3 is 2.89 bits per heavy atom. The van der Waals surface area contributed by atoms with E-state index < -0.39 is 0 Å². The summed E-state index contributed by atoms with van der Waals surface area (Å²) in [5.41, 5.74) is 8.80. The molecule has 1 aliphatic rings. The maximum absolute atomic E-state index is 11.5. The SMILES string of the molecule is Cn1c(=O)oc2cc(C(N)CC3CCCC3)ccc21. The van der Waals surface area contributed by atoms with Crippen LogP contribution in [0.25, 0.3) is 11.1 Å². The molecule has 1 saturated carbocycles. The first-order chi connectivity index (χ1) is 9.15. The average molecular weight is 260 g/mol. The molecule has 2 N–H and O–H groups in total. The Balaban J connectivity index is 1.85. The summed E-state index contributed by atoms with van der Waals surface area (Å²) in [6, 6.07) is 5.88. The van der Waals surface area contributed by atoms with E-state index >= 15 is 0 Å². The van der Waals surface area contributed by atoms with Gasteiger partial charge in [0.1, 0.15) is 0 Å². The Bertz CT molecular complexity index is 635. The van der Waals surface area contributed by atoms with Crippen molar-refractivity contribution in [3.8, 4) is 0 Å². The predicted molar refractivity (Wildman–Crippen MR) is 75.0 cm³/mol. The van der Waals surface area contributed by atoms with Crippen molar-refractivity contribution in [2.45, 2.75) is 38.1 Å². The lowest BCUT2D eigenvalue weighted by Gasteiger charge is -2.16. The van der Waals surface area contributed by atoms with E-state index in [1.165, 1.54) is 30.3 Å². The van der Waals surface area contributed by atoms with Crippen molar-refractivity contribution >= 4 is 11.1 Å². The smallest absolute Gasteiger partial charge is 0.408 e. The van der Waals surface area contributed by atoms with Crippen LogP contribution in [-0.2, 0) is 7.05 Å².